The zero-order valence-electron chi connectivity index (χ0n) is 10.7. The minimum Gasteiger partial charge on any atom is -0.378 e. The monoisotopic (exact) mass is 330 g/mol. The fourth-order valence-corrected chi connectivity index (χ4v) is 3.31. The molecule has 1 aromatic carbocycles. The third-order valence-corrected chi connectivity index (χ3v) is 5.34. The van der Waals surface area contributed by atoms with Gasteiger partial charge in [-0.25, -0.2) is 0 Å². The van der Waals surface area contributed by atoms with E-state index in [1.807, 2.05) is 18.2 Å². The summed E-state index contributed by atoms with van der Waals surface area (Å²) in [6.07, 6.45) is 4.96. The van der Waals surface area contributed by atoms with E-state index in [1.54, 1.807) is 0 Å². The zero-order valence-corrected chi connectivity index (χ0v) is 13.0. The maximum Gasteiger partial charge on any atom is 0.0549 e. The van der Waals surface area contributed by atoms with Crippen molar-refractivity contribution in [1.29, 1.82) is 0 Å². The number of halogens is 2. The molecule has 0 spiro atoms. The summed E-state index contributed by atoms with van der Waals surface area (Å²) in [7, 11) is 0. The third kappa shape index (κ3) is 2.84. The summed E-state index contributed by atoms with van der Waals surface area (Å²) in [5.41, 5.74) is 7.17. The van der Waals surface area contributed by atoms with Crippen LogP contribution in [0.1, 0.15) is 32.6 Å². The van der Waals surface area contributed by atoms with E-state index >= 15 is 0 Å². The van der Waals surface area contributed by atoms with Crippen LogP contribution >= 0.6 is 27.5 Å². The molecule has 2 rings (SSSR count). The summed E-state index contributed by atoms with van der Waals surface area (Å²) in [4.78, 5) is 0. The molecule has 0 saturated heterocycles. The molecule has 3 N–H and O–H groups in total. The van der Waals surface area contributed by atoms with Gasteiger partial charge in [0.2, 0.25) is 0 Å². The van der Waals surface area contributed by atoms with Crippen molar-refractivity contribution in [1.82, 2.24) is 0 Å². The predicted molar refractivity (Wildman–Crippen MR) is 82.2 cm³/mol. The molecule has 0 heterocycles. The van der Waals surface area contributed by atoms with Gasteiger partial charge in [-0.1, -0.05) is 31.4 Å². The first-order valence-electron chi connectivity index (χ1n) is 6.51. The van der Waals surface area contributed by atoms with E-state index in [-0.39, 0.29) is 5.54 Å². The number of nitrogens with two attached hydrogens (primary N) is 1. The lowest BCUT2D eigenvalue weighted by Crippen LogP contribution is -2.52. The van der Waals surface area contributed by atoms with Gasteiger partial charge in [0.1, 0.15) is 0 Å². The smallest absolute Gasteiger partial charge is 0.0549 e. The Labute approximate surface area is 122 Å². The van der Waals surface area contributed by atoms with Crippen molar-refractivity contribution in [2.45, 2.75) is 38.1 Å². The van der Waals surface area contributed by atoms with Crippen molar-refractivity contribution in [2.75, 3.05) is 11.9 Å². The highest BCUT2D eigenvalue weighted by Crippen LogP contribution is 2.36. The van der Waals surface area contributed by atoms with Crippen molar-refractivity contribution in [3.8, 4) is 0 Å². The first kappa shape index (κ1) is 14.2. The first-order chi connectivity index (χ1) is 8.57. The Morgan fingerprint density at radius 1 is 1.50 bits per heavy atom. The van der Waals surface area contributed by atoms with Gasteiger partial charge in [-0.15, -0.1) is 0 Å². The van der Waals surface area contributed by atoms with Crippen molar-refractivity contribution < 1.29 is 0 Å². The van der Waals surface area contributed by atoms with Gasteiger partial charge in [0.15, 0.2) is 0 Å². The SMILES string of the molecule is CC1CCCCC1(CN)Nc1ccc(Cl)c(Br)c1. The van der Waals surface area contributed by atoms with Crippen LogP contribution in [0.3, 0.4) is 0 Å². The Balaban J connectivity index is 2.21. The number of nitrogens with one attached hydrogen (secondary N) is 1. The fourth-order valence-electron chi connectivity index (χ4n) is 2.81. The van der Waals surface area contributed by atoms with E-state index in [0.717, 1.165) is 21.6 Å². The fraction of sp³-hybridized carbons (Fsp3) is 0.571. The zero-order chi connectivity index (χ0) is 13.2. The van der Waals surface area contributed by atoms with Gasteiger partial charge in [-0.05, 0) is 52.9 Å². The highest BCUT2D eigenvalue weighted by molar-refractivity contribution is 9.10. The van der Waals surface area contributed by atoms with Crippen LogP contribution in [-0.4, -0.2) is 12.1 Å². The molecule has 0 aliphatic heterocycles. The van der Waals surface area contributed by atoms with Crippen LogP contribution < -0.4 is 11.1 Å². The van der Waals surface area contributed by atoms with Gasteiger partial charge in [0.05, 0.1) is 10.6 Å². The summed E-state index contributed by atoms with van der Waals surface area (Å²) in [6.45, 7) is 2.97. The second kappa shape index (κ2) is 5.81. The second-order valence-electron chi connectivity index (χ2n) is 5.26. The van der Waals surface area contributed by atoms with Gasteiger partial charge < -0.3 is 11.1 Å². The van der Waals surface area contributed by atoms with Gasteiger partial charge in [0, 0.05) is 16.7 Å². The summed E-state index contributed by atoms with van der Waals surface area (Å²) in [6, 6.07) is 5.96. The molecule has 1 aromatic rings. The van der Waals surface area contributed by atoms with Crippen molar-refractivity contribution in [3.05, 3.63) is 27.7 Å². The van der Waals surface area contributed by atoms with Crippen LogP contribution in [0.15, 0.2) is 22.7 Å². The van der Waals surface area contributed by atoms with E-state index in [1.165, 1.54) is 19.3 Å². The molecule has 100 valence electrons. The number of rotatable bonds is 3. The topological polar surface area (TPSA) is 38.0 Å². The molecular weight excluding hydrogens is 312 g/mol. The molecule has 2 unspecified atom stereocenters. The largest absolute Gasteiger partial charge is 0.378 e. The van der Waals surface area contributed by atoms with Gasteiger partial charge in [-0.3, -0.25) is 0 Å². The molecular formula is C14H20BrClN2. The van der Waals surface area contributed by atoms with Crippen molar-refractivity contribution in [3.63, 3.8) is 0 Å². The maximum atomic E-state index is 6.04. The van der Waals surface area contributed by atoms with Crippen LogP contribution in [0.4, 0.5) is 5.69 Å². The van der Waals surface area contributed by atoms with Crippen LogP contribution in [0, 0.1) is 5.92 Å². The number of benzene rings is 1. The molecule has 0 bridgehead atoms. The first-order valence-corrected chi connectivity index (χ1v) is 7.68. The summed E-state index contributed by atoms with van der Waals surface area (Å²) >= 11 is 9.48. The summed E-state index contributed by atoms with van der Waals surface area (Å²) in [5, 5.41) is 4.38. The third-order valence-electron chi connectivity index (χ3n) is 4.13. The van der Waals surface area contributed by atoms with E-state index in [2.05, 4.69) is 28.2 Å². The maximum absolute atomic E-state index is 6.04. The molecule has 0 radical (unpaired) electrons. The quantitative estimate of drug-likeness (QED) is 0.860. The van der Waals surface area contributed by atoms with Crippen LogP contribution in [0.5, 0.6) is 0 Å². The van der Waals surface area contributed by atoms with Gasteiger partial charge in [-0.2, -0.15) is 0 Å². The van der Waals surface area contributed by atoms with Crippen LogP contribution in [0.2, 0.25) is 5.02 Å². The number of anilines is 1. The van der Waals surface area contributed by atoms with E-state index in [9.17, 15) is 0 Å². The molecule has 0 aromatic heterocycles. The number of hydrogen-bond donors (Lipinski definition) is 2. The molecule has 18 heavy (non-hydrogen) atoms. The van der Waals surface area contributed by atoms with Gasteiger partial charge >= 0.3 is 0 Å². The van der Waals surface area contributed by atoms with Crippen molar-refractivity contribution in [2.24, 2.45) is 11.7 Å². The Hall–Kier alpha value is -0.250. The standard InChI is InChI=1S/C14H20BrClN2/c1-10-4-2-3-7-14(10,9-17)18-11-5-6-13(16)12(15)8-11/h5-6,8,10,18H,2-4,7,9,17H2,1H3. The lowest BCUT2D eigenvalue weighted by Gasteiger charge is -2.43. The number of hydrogen-bond acceptors (Lipinski definition) is 2. The molecule has 1 aliphatic carbocycles. The Kier molecular flexibility index (Phi) is 4.57. The minimum atomic E-state index is 0.0333. The molecule has 4 heteroatoms. The molecule has 1 saturated carbocycles. The normalized spacial score (nSPS) is 28.1. The average molecular weight is 332 g/mol. The summed E-state index contributed by atoms with van der Waals surface area (Å²) in [5.74, 6) is 0.603. The van der Waals surface area contributed by atoms with Crippen LogP contribution in [0.25, 0.3) is 0 Å². The van der Waals surface area contributed by atoms with E-state index in [0.29, 0.717) is 12.5 Å². The second-order valence-corrected chi connectivity index (χ2v) is 6.52. The Morgan fingerprint density at radius 3 is 2.89 bits per heavy atom. The molecule has 1 aliphatic rings. The molecule has 1 fully saturated rings. The predicted octanol–water partition coefficient (Wildman–Crippen LogP) is 4.42. The Bertz CT molecular complexity index is 424. The molecule has 0 amide bonds. The summed E-state index contributed by atoms with van der Waals surface area (Å²) < 4.78 is 0.921. The molecule has 2 nitrogen and oxygen atoms in total. The lowest BCUT2D eigenvalue weighted by molar-refractivity contribution is 0.235. The van der Waals surface area contributed by atoms with Crippen molar-refractivity contribution >= 4 is 33.2 Å². The molecule has 2 atom stereocenters. The highest BCUT2D eigenvalue weighted by Gasteiger charge is 2.36. The van der Waals surface area contributed by atoms with E-state index < -0.39 is 0 Å². The lowest BCUT2D eigenvalue weighted by atomic mass is 9.73. The Morgan fingerprint density at radius 2 is 2.28 bits per heavy atom. The highest BCUT2D eigenvalue weighted by atomic mass is 79.9. The van der Waals surface area contributed by atoms with E-state index in [4.69, 9.17) is 17.3 Å². The minimum absolute atomic E-state index is 0.0333. The van der Waals surface area contributed by atoms with Gasteiger partial charge in [0.25, 0.3) is 0 Å². The van der Waals surface area contributed by atoms with Crippen LogP contribution in [-0.2, 0) is 0 Å². The average Bonchev–Trinajstić information content (AvgIpc) is 2.37.